The van der Waals surface area contributed by atoms with Gasteiger partial charge in [0.25, 0.3) is 5.91 Å². The molecule has 2 rings (SSSR count). The minimum absolute atomic E-state index is 0.0195. The van der Waals surface area contributed by atoms with Crippen molar-refractivity contribution in [3.05, 3.63) is 34.7 Å². The highest BCUT2D eigenvalue weighted by atomic mass is 35.6. The molecular weight excluding hydrogens is 483 g/mol. The molecule has 1 atom stereocenters. The molecule has 0 spiro atoms. The van der Waals surface area contributed by atoms with Crippen LogP contribution in [0.25, 0.3) is 6.08 Å². The Kier molecular flexibility index (Phi) is 8.18. The number of hydrogen-bond donors (Lipinski definition) is 2. The molecule has 0 aliphatic carbocycles. The van der Waals surface area contributed by atoms with Crippen LogP contribution < -0.4 is 10.1 Å². The number of thioether (sulfide) groups is 1. The summed E-state index contributed by atoms with van der Waals surface area (Å²) < 4.78 is 3.95. The molecule has 1 fully saturated rings. The van der Waals surface area contributed by atoms with Crippen LogP contribution in [-0.2, 0) is 14.4 Å². The number of aliphatic carboxylic acids is 1. The molecule has 1 aliphatic heterocycles. The zero-order chi connectivity index (χ0) is 21.8. The van der Waals surface area contributed by atoms with Gasteiger partial charge in [-0.2, -0.15) is 0 Å². The molecule has 1 aromatic rings. The molecule has 0 radical (unpaired) electrons. The maximum atomic E-state index is 12.4. The fraction of sp³-hybridized carbons (Fsp3) is 0.294. The molecule has 1 aliphatic rings. The van der Waals surface area contributed by atoms with Crippen LogP contribution in [0.3, 0.4) is 0 Å². The van der Waals surface area contributed by atoms with Crippen LogP contribution in [0.15, 0.2) is 29.2 Å². The summed E-state index contributed by atoms with van der Waals surface area (Å²) in [5.41, 5.74) is 0.682. The lowest BCUT2D eigenvalue weighted by Gasteiger charge is -2.25. The van der Waals surface area contributed by atoms with Gasteiger partial charge in [0, 0.05) is 13.5 Å². The third-order valence-electron chi connectivity index (χ3n) is 3.49. The SMILES string of the molecule is CC(=O)N[C@@H](Oc1ccc(/C=C2\SC(=S)N(CCC(=O)O)C2=O)cc1)C(Cl)(Cl)Cl. The first-order valence-corrected chi connectivity index (χ1v) is 10.4. The van der Waals surface area contributed by atoms with E-state index < -0.39 is 21.9 Å². The topological polar surface area (TPSA) is 95.9 Å². The van der Waals surface area contributed by atoms with E-state index in [2.05, 4.69) is 5.32 Å². The number of carbonyl (C=O) groups excluding carboxylic acids is 2. The monoisotopic (exact) mass is 496 g/mol. The Labute approximate surface area is 191 Å². The number of alkyl halides is 3. The van der Waals surface area contributed by atoms with Crippen LogP contribution in [-0.4, -0.2) is 48.7 Å². The van der Waals surface area contributed by atoms with Gasteiger partial charge in [-0.05, 0) is 23.8 Å². The summed E-state index contributed by atoms with van der Waals surface area (Å²) in [5, 5.41) is 11.2. The molecule has 1 saturated heterocycles. The molecule has 1 heterocycles. The van der Waals surface area contributed by atoms with Crippen molar-refractivity contribution in [2.45, 2.75) is 23.4 Å². The van der Waals surface area contributed by atoms with E-state index >= 15 is 0 Å². The smallest absolute Gasteiger partial charge is 0.305 e. The van der Waals surface area contributed by atoms with Crippen LogP contribution in [0, 0.1) is 0 Å². The lowest BCUT2D eigenvalue weighted by atomic mass is 10.2. The summed E-state index contributed by atoms with van der Waals surface area (Å²) in [6.07, 6.45) is 0.246. The number of nitrogens with zero attached hydrogens (tertiary/aromatic N) is 1. The van der Waals surface area contributed by atoms with Crippen molar-refractivity contribution in [2.75, 3.05) is 6.54 Å². The Hall–Kier alpha value is -1.52. The highest BCUT2D eigenvalue weighted by Gasteiger charge is 2.35. The molecule has 2 amide bonds. The maximum absolute atomic E-state index is 12.4. The van der Waals surface area contributed by atoms with Crippen molar-refractivity contribution in [3.8, 4) is 5.75 Å². The van der Waals surface area contributed by atoms with Crippen LogP contribution in [0.4, 0.5) is 0 Å². The van der Waals surface area contributed by atoms with Crippen molar-refractivity contribution in [1.29, 1.82) is 0 Å². The van der Waals surface area contributed by atoms with Crippen LogP contribution in [0.1, 0.15) is 18.9 Å². The average molecular weight is 498 g/mol. The number of carbonyl (C=O) groups is 3. The highest BCUT2D eigenvalue weighted by Crippen LogP contribution is 2.34. The molecule has 12 heteroatoms. The molecule has 29 heavy (non-hydrogen) atoms. The van der Waals surface area contributed by atoms with Gasteiger partial charge in [0.05, 0.1) is 11.3 Å². The van der Waals surface area contributed by atoms with Gasteiger partial charge in [0.2, 0.25) is 15.9 Å². The first kappa shape index (κ1) is 23.8. The Balaban J connectivity index is 2.10. The van der Waals surface area contributed by atoms with Gasteiger partial charge in [-0.25, -0.2) is 0 Å². The first-order valence-electron chi connectivity index (χ1n) is 8.05. The Bertz CT molecular complexity index is 856. The second kappa shape index (κ2) is 9.99. The van der Waals surface area contributed by atoms with E-state index in [0.29, 0.717) is 20.5 Å². The number of ether oxygens (including phenoxy) is 1. The van der Waals surface area contributed by atoms with Gasteiger partial charge >= 0.3 is 5.97 Å². The Morgan fingerprint density at radius 2 is 1.97 bits per heavy atom. The lowest BCUT2D eigenvalue weighted by molar-refractivity contribution is -0.137. The van der Waals surface area contributed by atoms with E-state index in [1.54, 1.807) is 30.3 Å². The molecule has 1 aromatic carbocycles. The van der Waals surface area contributed by atoms with E-state index in [4.69, 9.17) is 56.9 Å². The largest absolute Gasteiger partial charge is 0.481 e. The van der Waals surface area contributed by atoms with Gasteiger partial charge < -0.3 is 15.2 Å². The lowest BCUT2D eigenvalue weighted by Crippen LogP contribution is -2.47. The van der Waals surface area contributed by atoms with Gasteiger partial charge in [0.15, 0.2) is 0 Å². The maximum Gasteiger partial charge on any atom is 0.305 e. The fourth-order valence-electron chi connectivity index (χ4n) is 2.19. The second-order valence-corrected chi connectivity index (χ2v) is 9.83. The molecule has 0 aromatic heterocycles. The minimum Gasteiger partial charge on any atom is -0.481 e. The third kappa shape index (κ3) is 7.04. The molecule has 7 nitrogen and oxygen atoms in total. The molecule has 0 saturated carbocycles. The number of halogens is 3. The van der Waals surface area contributed by atoms with Crippen LogP contribution in [0.5, 0.6) is 5.75 Å². The standard InChI is InChI=1S/C17H15Cl3N2O5S2/c1-9(23)21-15(17(18,19)20)27-11-4-2-10(3-5-11)8-12-14(26)22(16(28)29-12)7-6-13(24)25/h2-5,8,15H,6-7H2,1H3,(H,21,23)(H,24,25)/b12-8-/t15-/m0/s1. The second-order valence-electron chi connectivity index (χ2n) is 5.79. The quantitative estimate of drug-likeness (QED) is 0.257. The summed E-state index contributed by atoms with van der Waals surface area (Å²) in [6.45, 7) is 1.29. The number of rotatable bonds is 7. The van der Waals surface area contributed by atoms with Gasteiger partial charge in [0.1, 0.15) is 10.1 Å². The van der Waals surface area contributed by atoms with Gasteiger partial charge in [-0.15, -0.1) is 0 Å². The Morgan fingerprint density at radius 3 is 2.48 bits per heavy atom. The van der Waals surface area contributed by atoms with Gasteiger partial charge in [-0.1, -0.05) is 70.9 Å². The minimum atomic E-state index is -1.88. The molecule has 0 bridgehead atoms. The fourth-order valence-corrected chi connectivity index (χ4v) is 3.80. The van der Waals surface area contributed by atoms with Gasteiger partial charge in [-0.3, -0.25) is 19.3 Å². The predicted octanol–water partition coefficient (Wildman–Crippen LogP) is 3.57. The van der Waals surface area contributed by atoms with E-state index in [-0.39, 0.29) is 18.9 Å². The summed E-state index contributed by atoms with van der Waals surface area (Å²) >= 11 is 23.7. The zero-order valence-electron chi connectivity index (χ0n) is 14.9. The van der Waals surface area contributed by atoms with E-state index in [1.165, 1.54) is 11.8 Å². The number of benzene rings is 1. The normalized spacial score (nSPS) is 16.8. The average Bonchev–Trinajstić information content (AvgIpc) is 2.86. The Morgan fingerprint density at radius 1 is 1.34 bits per heavy atom. The highest BCUT2D eigenvalue weighted by molar-refractivity contribution is 8.26. The van der Waals surface area contributed by atoms with E-state index in [9.17, 15) is 14.4 Å². The summed E-state index contributed by atoms with van der Waals surface area (Å²) in [4.78, 5) is 36.0. The first-order chi connectivity index (χ1) is 13.5. The molecular formula is C17H15Cl3N2O5S2. The number of thiocarbonyl (C=S) groups is 1. The molecule has 156 valence electrons. The van der Waals surface area contributed by atoms with Crippen molar-refractivity contribution >= 4 is 87.0 Å². The van der Waals surface area contributed by atoms with Crippen LogP contribution >= 0.6 is 58.8 Å². The van der Waals surface area contributed by atoms with Crippen molar-refractivity contribution in [1.82, 2.24) is 10.2 Å². The number of hydrogen-bond acceptors (Lipinski definition) is 6. The number of nitrogens with one attached hydrogen (secondary N) is 1. The summed E-state index contributed by atoms with van der Waals surface area (Å²) in [5.74, 6) is -1.45. The zero-order valence-corrected chi connectivity index (χ0v) is 18.8. The molecule has 2 N–H and O–H groups in total. The number of amides is 2. The van der Waals surface area contributed by atoms with Crippen molar-refractivity contribution in [3.63, 3.8) is 0 Å². The van der Waals surface area contributed by atoms with Crippen molar-refractivity contribution in [2.24, 2.45) is 0 Å². The van der Waals surface area contributed by atoms with E-state index in [1.807, 2.05) is 0 Å². The predicted molar refractivity (Wildman–Crippen MR) is 117 cm³/mol. The number of carboxylic acids is 1. The molecule has 0 unspecified atom stereocenters. The summed E-state index contributed by atoms with van der Waals surface area (Å²) in [6, 6.07) is 6.51. The summed E-state index contributed by atoms with van der Waals surface area (Å²) in [7, 11) is 0. The van der Waals surface area contributed by atoms with E-state index in [0.717, 1.165) is 11.8 Å². The third-order valence-corrected chi connectivity index (χ3v) is 5.46. The number of carboxylic acid groups (broad SMARTS) is 1. The van der Waals surface area contributed by atoms with Crippen molar-refractivity contribution < 1.29 is 24.2 Å². The van der Waals surface area contributed by atoms with Crippen LogP contribution in [0.2, 0.25) is 0 Å².